The van der Waals surface area contributed by atoms with E-state index in [1.54, 1.807) is 0 Å². The van der Waals surface area contributed by atoms with Crippen LogP contribution in [0.3, 0.4) is 0 Å². The topological polar surface area (TPSA) is 29.9 Å². The summed E-state index contributed by atoms with van der Waals surface area (Å²) in [6.45, 7) is 4.36. The predicted octanol–water partition coefficient (Wildman–Crippen LogP) is 4.47. The average molecular weight is 340 g/mol. The summed E-state index contributed by atoms with van der Waals surface area (Å²) in [5.74, 6) is 0.638. The van der Waals surface area contributed by atoms with E-state index in [1.807, 2.05) is 13.8 Å². The first kappa shape index (κ1) is 14.7. The molecule has 0 amide bonds. The number of anilines is 1. The molecule has 1 atom stereocenters. The van der Waals surface area contributed by atoms with E-state index in [0.29, 0.717) is 16.8 Å². The van der Waals surface area contributed by atoms with Crippen LogP contribution >= 0.6 is 15.9 Å². The highest BCUT2D eigenvalue weighted by Gasteiger charge is 2.44. The average Bonchev–Trinajstić information content (AvgIpc) is 2.68. The molecule has 1 unspecified atom stereocenters. The van der Waals surface area contributed by atoms with Gasteiger partial charge in [-0.25, -0.2) is 4.68 Å². The van der Waals surface area contributed by atoms with Gasteiger partial charge in [-0.2, -0.15) is 18.3 Å². The second-order valence-corrected chi connectivity index (χ2v) is 5.57. The zero-order valence-electron chi connectivity index (χ0n) is 10.9. The largest absolute Gasteiger partial charge is 0.410 e. The van der Waals surface area contributed by atoms with Crippen molar-refractivity contribution in [2.24, 2.45) is 0 Å². The third kappa shape index (κ3) is 2.61. The number of nitrogens with zero attached hydrogens (tertiary/aromatic N) is 2. The number of hydrogen-bond acceptors (Lipinski definition) is 2. The van der Waals surface area contributed by atoms with Crippen molar-refractivity contribution in [3.05, 3.63) is 10.2 Å². The zero-order chi connectivity index (χ0) is 14.2. The molecule has 108 valence electrons. The van der Waals surface area contributed by atoms with Crippen LogP contribution in [0.2, 0.25) is 0 Å². The SMILES string of the molecule is CCC(CC)c1nn2c(c1Br)NCCC2C(F)(F)F. The van der Waals surface area contributed by atoms with Gasteiger partial charge in [-0.15, -0.1) is 0 Å². The van der Waals surface area contributed by atoms with Gasteiger partial charge in [-0.1, -0.05) is 13.8 Å². The van der Waals surface area contributed by atoms with Crippen LogP contribution < -0.4 is 5.32 Å². The number of nitrogens with one attached hydrogen (secondary N) is 1. The van der Waals surface area contributed by atoms with Crippen LogP contribution in [0.4, 0.5) is 19.0 Å². The van der Waals surface area contributed by atoms with Crippen LogP contribution in [0.25, 0.3) is 0 Å². The van der Waals surface area contributed by atoms with Gasteiger partial charge in [0.2, 0.25) is 0 Å². The maximum Gasteiger partial charge on any atom is 0.410 e. The molecule has 1 aliphatic heterocycles. The lowest BCUT2D eigenvalue weighted by atomic mass is 10.00. The van der Waals surface area contributed by atoms with E-state index >= 15 is 0 Å². The minimum absolute atomic E-state index is 0.0208. The summed E-state index contributed by atoms with van der Waals surface area (Å²) in [6, 6.07) is -1.52. The lowest BCUT2D eigenvalue weighted by Gasteiger charge is -2.27. The Hall–Kier alpha value is -0.720. The molecule has 0 aliphatic carbocycles. The third-order valence-electron chi connectivity index (χ3n) is 3.63. The van der Waals surface area contributed by atoms with Crippen LogP contribution in [0.1, 0.15) is 50.8 Å². The van der Waals surface area contributed by atoms with Crippen LogP contribution in [0.5, 0.6) is 0 Å². The van der Waals surface area contributed by atoms with Gasteiger partial charge in [0.1, 0.15) is 5.82 Å². The summed E-state index contributed by atoms with van der Waals surface area (Å²) >= 11 is 3.40. The van der Waals surface area contributed by atoms with E-state index in [0.717, 1.165) is 23.2 Å². The summed E-state index contributed by atoms with van der Waals surface area (Å²) in [7, 11) is 0. The van der Waals surface area contributed by atoms with Crippen LogP contribution in [0.15, 0.2) is 4.47 Å². The highest BCUT2D eigenvalue weighted by atomic mass is 79.9. The zero-order valence-corrected chi connectivity index (χ0v) is 12.5. The van der Waals surface area contributed by atoms with Gasteiger partial charge >= 0.3 is 6.18 Å². The fourth-order valence-corrected chi connectivity index (χ4v) is 3.23. The molecule has 7 heteroatoms. The van der Waals surface area contributed by atoms with E-state index in [-0.39, 0.29) is 12.3 Å². The second-order valence-electron chi connectivity index (χ2n) is 4.78. The van der Waals surface area contributed by atoms with E-state index < -0.39 is 12.2 Å². The molecule has 3 nitrogen and oxygen atoms in total. The Morgan fingerprint density at radius 2 is 2.05 bits per heavy atom. The summed E-state index contributed by atoms with van der Waals surface area (Å²) < 4.78 is 40.8. The number of halogens is 4. The predicted molar refractivity (Wildman–Crippen MR) is 71.4 cm³/mol. The van der Waals surface area contributed by atoms with Gasteiger partial charge in [-0.05, 0) is 35.2 Å². The molecule has 0 fully saturated rings. The first-order valence-electron chi connectivity index (χ1n) is 6.48. The Morgan fingerprint density at radius 3 is 2.58 bits per heavy atom. The molecule has 1 N–H and O–H groups in total. The quantitative estimate of drug-likeness (QED) is 0.880. The number of fused-ring (bicyclic) bond motifs is 1. The van der Waals surface area contributed by atoms with Crippen molar-refractivity contribution in [2.75, 3.05) is 11.9 Å². The number of aromatic nitrogens is 2. The monoisotopic (exact) mass is 339 g/mol. The number of alkyl halides is 3. The molecule has 0 radical (unpaired) electrons. The molecular formula is C12H17BrF3N3. The highest BCUT2D eigenvalue weighted by molar-refractivity contribution is 9.10. The minimum Gasteiger partial charge on any atom is -0.369 e. The van der Waals surface area contributed by atoms with Crippen molar-refractivity contribution < 1.29 is 13.2 Å². The van der Waals surface area contributed by atoms with Crippen LogP contribution in [0, 0.1) is 0 Å². The van der Waals surface area contributed by atoms with Gasteiger partial charge in [0, 0.05) is 12.5 Å². The smallest absolute Gasteiger partial charge is 0.369 e. The van der Waals surface area contributed by atoms with Crippen molar-refractivity contribution in [3.8, 4) is 0 Å². The molecule has 0 aromatic carbocycles. The Labute approximate surface area is 118 Å². The molecule has 1 aliphatic rings. The molecule has 0 bridgehead atoms. The standard InChI is InChI=1S/C12H17BrF3N3/c1-3-7(4-2)10-9(13)11-17-6-5-8(12(14,15)16)19(11)18-10/h7-8,17H,3-6H2,1-2H3. The van der Waals surface area contributed by atoms with Gasteiger partial charge in [-0.3, -0.25) is 0 Å². The number of hydrogen-bond donors (Lipinski definition) is 1. The van der Waals surface area contributed by atoms with Crippen molar-refractivity contribution >= 4 is 21.7 Å². The van der Waals surface area contributed by atoms with E-state index in [4.69, 9.17) is 0 Å². The highest BCUT2D eigenvalue weighted by Crippen LogP contribution is 2.43. The second kappa shape index (κ2) is 5.34. The Bertz CT molecular complexity index is 452. The number of rotatable bonds is 3. The molecule has 19 heavy (non-hydrogen) atoms. The molecule has 1 aromatic rings. The maximum absolute atomic E-state index is 13.0. The van der Waals surface area contributed by atoms with Crippen molar-refractivity contribution in [2.45, 2.75) is 51.2 Å². The van der Waals surface area contributed by atoms with Gasteiger partial charge in [0.15, 0.2) is 6.04 Å². The van der Waals surface area contributed by atoms with Crippen molar-refractivity contribution in [1.29, 1.82) is 0 Å². The molecular weight excluding hydrogens is 323 g/mol. The van der Waals surface area contributed by atoms with Gasteiger partial charge in [0.05, 0.1) is 10.2 Å². The fraction of sp³-hybridized carbons (Fsp3) is 0.750. The van der Waals surface area contributed by atoms with Gasteiger partial charge < -0.3 is 5.32 Å². The fourth-order valence-electron chi connectivity index (χ4n) is 2.50. The van der Waals surface area contributed by atoms with Crippen LogP contribution in [-0.4, -0.2) is 22.5 Å². The van der Waals surface area contributed by atoms with Crippen molar-refractivity contribution in [1.82, 2.24) is 9.78 Å². The van der Waals surface area contributed by atoms with E-state index in [1.165, 1.54) is 0 Å². The lowest BCUT2D eigenvalue weighted by Crippen LogP contribution is -2.34. The summed E-state index contributed by atoms with van der Waals surface area (Å²) in [6.07, 6.45) is -2.51. The maximum atomic E-state index is 13.0. The minimum atomic E-state index is -4.26. The summed E-state index contributed by atoms with van der Waals surface area (Å²) in [5, 5.41) is 7.24. The molecule has 2 rings (SSSR count). The third-order valence-corrected chi connectivity index (χ3v) is 4.41. The molecule has 0 saturated heterocycles. The van der Waals surface area contributed by atoms with Crippen LogP contribution in [-0.2, 0) is 0 Å². The molecule has 1 aromatic heterocycles. The normalized spacial score (nSPS) is 19.4. The Kier molecular flexibility index (Phi) is 4.13. The first-order valence-corrected chi connectivity index (χ1v) is 7.27. The summed E-state index contributed by atoms with van der Waals surface area (Å²) in [5.41, 5.74) is 0.726. The molecule has 2 heterocycles. The first-order chi connectivity index (χ1) is 8.90. The Morgan fingerprint density at radius 1 is 1.42 bits per heavy atom. The summed E-state index contributed by atoms with van der Waals surface area (Å²) in [4.78, 5) is 0. The van der Waals surface area contributed by atoms with Gasteiger partial charge in [0.25, 0.3) is 0 Å². The molecule has 0 spiro atoms. The van der Waals surface area contributed by atoms with E-state index in [9.17, 15) is 13.2 Å². The van der Waals surface area contributed by atoms with Crippen molar-refractivity contribution in [3.63, 3.8) is 0 Å². The molecule has 0 saturated carbocycles. The lowest BCUT2D eigenvalue weighted by molar-refractivity contribution is -0.171. The Balaban J connectivity index is 2.46. The van der Waals surface area contributed by atoms with E-state index in [2.05, 4.69) is 26.3 Å².